The van der Waals surface area contributed by atoms with Gasteiger partial charge in [0.2, 0.25) is 6.79 Å². The maximum atomic E-state index is 13.1. The molecule has 0 aliphatic heterocycles. The molecule has 2 aromatic rings. The lowest BCUT2D eigenvalue weighted by Crippen LogP contribution is -2.28. The number of halogens is 2. The number of alkyl halides is 2. The summed E-state index contributed by atoms with van der Waals surface area (Å²) in [4.78, 5) is 11.1. The highest BCUT2D eigenvalue weighted by Crippen LogP contribution is 2.33. The Kier molecular flexibility index (Phi) is 5.55. The third-order valence-corrected chi connectivity index (χ3v) is 3.18. The van der Waals surface area contributed by atoms with Crippen LogP contribution >= 0.6 is 12.0 Å². The predicted molar refractivity (Wildman–Crippen MR) is 74.5 cm³/mol. The van der Waals surface area contributed by atoms with Crippen LogP contribution in [0.3, 0.4) is 0 Å². The number of fused-ring (bicyclic) bond motifs is 1. The molecule has 2 N–H and O–H groups in total. The maximum absolute atomic E-state index is 13.1. The van der Waals surface area contributed by atoms with E-state index < -0.39 is 30.1 Å². The summed E-state index contributed by atoms with van der Waals surface area (Å²) in [5.41, 5.74) is 0. The lowest BCUT2D eigenvalue weighted by Gasteiger charge is -2.13. The van der Waals surface area contributed by atoms with E-state index in [0.29, 0.717) is 10.8 Å². The number of hydrogen-bond donors (Lipinski definition) is 2. The minimum atomic E-state index is -4.09. The smallest absolute Gasteiger partial charge is 0.415 e. The molecule has 2 rings (SSSR count). The van der Waals surface area contributed by atoms with Crippen molar-refractivity contribution in [2.75, 3.05) is 6.79 Å². The van der Waals surface area contributed by atoms with E-state index >= 15 is 0 Å². The molecule has 0 saturated carbocycles. The summed E-state index contributed by atoms with van der Waals surface area (Å²) in [6.45, 7) is -0.788. The number of phenols is 1. The predicted octanol–water partition coefficient (Wildman–Crippen LogP) is 3.09. The Balaban J connectivity index is 1.99. The summed E-state index contributed by atoms with van der Waals surface area (Å²) in [5, 5.41) is 17.4. The molecule has 7 nitrogen and oxygen atoms in total. The van der Waals surface area contributed by atoms with Gasteiger partial charge >= 0.3 is 11.2 Å². The minimum absolute atomic E-state index is 0.0223. The number of aromatic hydroxyl groups is 1. The lowest BCUT2D eigenvalue weighted by atomic mass is 10.1. The van der Waals surface area contributed by atoms with Crippen LogP contribution in [0.15, 0.2) is 36.4 Å². The van der Waals surface area contributed by atoms with Gasteiger partial charge in [-0.3, -0.25) is 0 Å². The number of rotatable bonds is 7. The molecule has 0 heterocycles. The van der Waals surface area contributed by atoms with Gasteiger partial charge in [0.05, 0.1) is 0 Å². The number of hydrogen-bond acceptors (Lipinski definition) is 8. The molecular formula is C13H10F2O7S. The van der Waals surface area contributed by atoms with Crippen molar-refractivity contribution >= 4 is 28.8 Å². The zero-order valence-electron chi connectivity index (χ0n) is 11.3. The Hall–Kier alpha value is -2.14. The molecule has 0 unspecified atom stereocenters. The fraction of sp³-hybridized carbons (Fsp3) is 0.154. The fourth-order valence-corrected chi connectivity index (χ4v) is 1.96. The quantitative estimate of drug-likeness (QED) is 0.259. The first kappa shape index (κ1) is 17.2. The SMILES string of the molecule is O=C(OCOc1cccc2c(O)cccc12)C(F)(F)SOOO. The summed E-state index contributed by atoms with van der Waals surface area (Å²) in [6, 6.07) is 9.44. The number of carbonyl (C=O) groups is 1. The highest BCUT2D eigenvalue weighted by molar-refractivity contribution is 7.96. The first-order chi connectivity index (χ1) is 11.0. The van der Waals surface area contributed by atoms with E-state index in [0.717, 1.165) is 0 Å². The Bertz CT molecular complexity index is 695. The molecule has 0 aliphatic carbocycles. The van der Waals surface area contributed by atoms with E-state index in [1.54, 1.807) is 24.3 Å². The molecule has 0 spiro atoms. The van der Waals surface area contributed by atoms with E-state index in [1.807, 2.05) is 0 Å². The van der Waals surface area contributed by atoms with Crippen LogP contribution < -0.4 is 4.74 Å². The van der Waals surface area contributed by atoms with Gasteiger partial charge in [0, 0.05) is 10.8 Å². The first-order valence-corrected chi connectivity index (χ1v) is 6.74. The van der Waals surface area contributed by atoms with Crippen LogP contribution in [0.4, 0.5) is 8.78 Å². The van der Waals surface area contributed by atoms with Gasteiger partial charge in [-0.15, -0.1) is 4.33 Å². The van der Waals surface area contributed by atoms with Crippen LogP contribution in [0, 0.1) is 0 Å². The third kappa shape index (κ3) is 4.20. The van der Waals surface area contributed by atoms with E-state index in [1.165, 1.54) is 12.1 Å². The lowest BCUT2D eigenvalue weighted by molar-refractivity contribution is -0.433. The summed E-state index contributed by atoms with van der Waals surface area (Å²) in [7, 11) is 0. The van der Waals surface area contributed by atoms with Crippen molar-refractivity contribution in [1.29, 1.82) is 0 Å². The molecule has 0 amide bonds. The van der Waals surface area contributed by atoms with E-state index in [-0.39, 0.29) is 11.5 Å². The molecular weight excluding hydrogens is 338 g/mol. The first-order valence-electron chi connectivity index (χ1n) is 6.00. The van der Waals surface area contributed by atoms with Gasteiger partial charge in [0.25, 0.3) is 0 Å². The monoisotopic (exact) mass is 348 g/mol. The van der Waals surface area contributed by atoms with Crippen LogP contribution in [0.1, 0.15) is 0 Å². The average molecular weight is 348 g/mol. The van der Waals surface area contributed by atoms with Gasteiger partial charge < -0.3 is 14.6 Å². The van der Waals surface area contributed by atoms with Crippen LogP contribution in [-0.4, -0.2) is 28.4 Å². The highest BCUT2D eigenvalue weighted by Gasteiger charge is 2.44. The van der Waals surface area contributed by atoms with E-state index in [2.05, 4.69) is 14.1 Å². The number of phenolic OH excluding ortho intramolecular Hbond substituents is 1. The topological polar surface area (TPSA) is 94.5 Å². The number of ether oxygens (including phenoxy) is 2. The molecule has 0 fully saturated rings. The van der Waals surface area contributed by atoms with Gasteiger partial charge in [-0.25, -0.2) is 10.1 Å². The summed E-state index contributed by atoms with van der Waals surface area (Å²) >= 11 is -0.731. The Morgan fingerprint density at radius 3 is 2.61 bits per heavy atom. The minimum Gasteiger partial charge on any atom is -0.507 e. The summed E-state index contributed by atoms with van der Waals surface area (Å²) < 4.78 is 39.1. The van der Waals surface area contributed by atoms with Crippen molar-refractivity contribution in [3.63, 3.8) is 0 Å². The van der Waals surface area contributed by atoms with Gasteiger partial charge in [0.1, 0.15) is 23.5 Å². The highest BCUT2D eigenvalue weighted by atomic mass is 32.2. The summed E-state index contributed by atoms with van der Waals surface area (Å²) in [6.07, 6.45) is 0. The van der Waals surface area contributed by atoms with Gasteiger partial charge in [-0.2, -0.15) is 8.78 Å². The van der Waals surface area contributed by atoms with Crippen molar-refractivity contribution < 1.29 is 42.8 Å². The van der Waals surface area contributed by atoms with Crippen LogP contribution in [0.5, 0.6) is 11.5 Å². The van der Waals surface area contributed by atoms with Crippen LogP contribution in [0.2, 0.25) is 0 Å². The maximum Gasteiger partial charge on any atom is 0.415 e. The molecule has 2 aromatic carbocycles. The zero-order valence-corrected chi connectivity index (χ0v) is 12.1. The Morgan fingerprint density at radius 2 is 1.87 bits per heavy atom. The van der Waals surface area contributed by atoms with Crippen molar-refractivity contribution in [1.82, 2.24) is 0 Å². The molecule has 0 saturated heterocycles. The number of carbonyl (C=O) groups excluding carboxylic acids is 1. The van der Waals surface area contributed by atoms with Crippen molar-refractivity contribution in [2.45, 2.75) is 5.25 Å². The largest absolute Gasteiger partial charge is 0.507 e. The second kappa shape index (κ2) is 7.42. The van der Waals surface area contributed by atoms with Crippen molar-refractivity contribution in [2.24, 2.45) is 0 Å². The molecule has 0 radical (unpaired) electrons. The van der Waals surface area contributed by atoms with E-state index in [9.17, 15) is 18.7 Å². The van der Waals surface area contributed by atoms with Crippen molar-refractivity contribution in [3.8, 4) is 11.5 Å². The molecule has 0 bridgehead atoms. The summed E-state index contributed by atoms with van der Waals surface area (Å²) in [5.74, 6) is -1.69. The van der Waals surface area contributed by atoms with E-state index in [4.69, 9.17) is 9.99 Å². The Labute approximate surface area is 132 Å². The number of benzene rings is 2. The van der Waals surface area contributed by atoms with Crippen LogP contribution in [-0.2, 0) is 18.9 Å². The standard InChI is InChI=1S/C13H10F2O7S/c14-13(15,23-22-21-18)12(17)20-7-19-11-6-2-3-8-9(11)4-1-5-10(8)16/h1-6,16,18H,7H2. The molecule has 10 heteroatoms. The Morgan fingerprint density at radius 1 is 1.17 bits per heavy atom. The molecule has 23 heavy (non-hydrogen) atoms. The van der Waals surface area contributed by atoms with Crippen molar-refractivity contribution in [3.05, 3.63) is 36.4 Å². The van der Waals surface area contributed by atoms with Gasteiger partial charge in [0.15, 0.2) is 0 Å². The van der Waals surface area contributed by atoms with Crippen LogP contribution in [0.25, 0.3) is 10.8 Å². The third-order valence-electron chi connectivity index (χ3n) is 2.67. The molecule has 124 valence electrons. The fourth-order valence-electron chi connectivity index (χ4n) is 1.71. The number of esters is 1. The van der Waals surface area contributed by atoms with Gasteiger partial charge in [-0.1, -0.05) is 29.3 Å². The zero-order chi connectivity index (χ0) is 16.9. The molecule has 0 aromatic heterocycles. The average Bonchev–Trinajstić information content (AvgIpc) is 2.53. The second-order valence-electron chi connectivity index (χ2n) is 4.07. The van der Waals surface area contributed by atoms with Gasteiger partial charge in [-0.05, 0) is 12.1 Å². The second-order valence-corrected chi connectivity index (χ2v) is 4.88. The normalized spacial score (nSPS) is 11.4. The molecule has 0 atom stereocenters. The molecule has 0 aliphatic rings.